The molecule has 0 spiro atoms. The maximum Gasteiger partial charge on any atom is 0.244 e. The van der Waals surface area contributed by atoms with Gasteiger partial charge in [-0.15, -0.1) is 0 Å². The molecule has 1 atom stereocenters. The average molecular weight is 514 g/mol. The van der Waals surface area contributed by atoms with Crippen LogP contribution in [0.2, 0.25) is 0 Å². The van der Waals surface area contributed by atoms with Gasteiger partial charge in [-0.05, 0) is 68.9 Å². The average Bonchev–Trinajstić information content (AvgIpc) is 3.32. The van der Waals surface area contributed by atoms with E-state index in [0.29, 0.717) is 12.1 Å². The van der Waals surface area contributed by atoms with Crippen LogP contribution in [0.3, 0.4) is 0 Å². The van der Waals surface area contributed by atoms with E-state index in [1.54, 1.807) is 12.1 Å². The molecular weight excluding hydrogens is 474 g/mol. The van der Waals surface area contributed by atoms with Crippen LogP contribution in [0.5, 0.6) is 0 Å². The molecule has 0 heterocycles. The first-order valence-electron chi connectivity index (χ1n) is 12.7. The second kappa shape index (κ2) is 11.9. The number of carbonyl (C=O) groups excluding carboxylic acids is 2. The fourth-order valence-electron chi connectivity index (χ4n) is 4.67. The maximum atomic E-state index is 13.8. The predicted octanol–water partition coefficient (Wildman–Crippen LogP) is 4.24. The zero-order valence-corrected chi connectivity index (χ0v) is 22.9. The zero-order chi connectivity index (χ0) is 26.5. The van der Waals surface area contributed by atoms with Gasteiger partial charge in [0.15, 0.2) is 0 Å². The van der Waals surface area contributed by atoms with Crippen LogP contribution in [-0.4, -0.2) is 50.0 Å². The molecule has 8 heteroatoms. The Kier molecular flexibility index (Phi) is 9.17. The van der Waals surface area contributed by atoms with Crippen molar-refractivity contribution in [2.45, 2.75) is 78.4 Å². The van der Waals surface area contributed by atoms with E-state index in [-0.39, 0.29) is 25.0 Å². The lowest BCUT2D eigenvalue weighted by Crippen LogP contribution is -2.53. The summed E-state index contributed by atoms with van der Waals surface area (Å²) in [6.45, 7) is 7.58. The predicted molar refractivity (Wildman–Crippen MR) is 144 cm³/mol. The van der Waals surface area contributed by atoms with Crippen molar-refractivity contribution < 1.29 is 18.0 Å². The Hall–Kier alpha value is -2.87. The van der Waals surface area contributed by atoms with Crippen LogP contribution in [0.25, 0.3) is 0 Å². The summed E-state index contributed by atoms with van der Waals surface area (Å²) in [4.78, 5) is 28.6. The molecule has 196 valence electrons. The standard InChI is InChI=1S/C28H39N3O4S/c1-6-26(28(33)29-24-9-7-8-10-24)30(18-23-14-11-20(2)12-15-23)27(32)19-31(36(5,34)35)25-16-13-21(3)22(4)17-25/h11-17,24,26H,6-10,18-19H2,1-5H3,(H,29,33). The molecule has 2 aromatic rings. The topological polar surface area (TPSA) is 86.8 Å². The lowest BCUT2D eigenvalue weighted by molar-refractivity contribution is -0.140. The quantitative estimate of drug-likeness (QED) is 0.515. The van der Waals surface area contributed by atoms with Gasteiger partial charge in [-0.1, -0.05) is 55.7 Å². The summed E-state index contributed by atoms with van der Waals surface area (Å²) in [7, 11) is -3.74. The van der Waals surface area contributed by atoms with E-state index in [2.05, 4.69) is 5.32 Å². The normalized spacial score (nSPS) is 14.9. The third-order valence-electron chi connectivity index (χ3n) is 7.02. The lowest BCUT2D eigenvalue weighted by atomic mass is 10.1. The highest BCUT2D eigenvalue weighted by Gasteiger charge is 2.33. The molecule has 36 heavy (non-hydrogen) atoms. The molecule has 2 amide bonds. The van der Waals surface area contributed by atoms with Gasteiger partial charge in [-0.25, -0.2) is 8.42 Å². The van der Waals surface area contributed by atoms with Gasteiger partial charge in [0.25, 0.3) is 0 Å². The van der Waals surface area contributed by atoms with Gasteiger partial charge in [0.05, 0.1) is 11.9 Å². The summed E-state index contributed by atoms with van der Waals surface area (Å²) in [5.74, 6) is -0.588. The summed E-state index contributed by atoms with van der Waals surface area (Å²) in [5, 5.41) is 3.12. The van der Waals surface area contributed by atoms with Crippen molar-refractivity contribution >= 4 is 27.5 Å². The minimum atomic E-state index is -3.74. The summed E-state index contributed by atoms with van der Waals surface area (Å²) >= 11 is 0. The number of nitrogens with one attached hydrogen (secondary N) is 1. The Balaban J connectivity index is 1.92. The molecule has 0 aromatic heterocycles. The minimum Gasteiger partial charge on any atom is -0.352 e. The highest BCUT2D eigenvalue weighted by Crippen LogP contribution is 2.23. The Morgan fingerprint density at radius 2 is 1.64 bits per heavy atom. The van der Waals surface area contributed by atoms with Crippen molar-refractivity contribution in [3.63, 3.8) is 0 Å². The van der Waals surface area contributed by atoms with E-state index in [4.69, 9.17) is 0 Å². The number of hydrogen-bond donors (Lipinski definition) is 1. The van der Waals surface area contributed by atoms with Crippen molar-refractivity contribution in [2.75, 3.05) is 17.1 Å². The molecule has 1 unspecified atom stereocenters. The summed E-state index contributed by atoms with van der Waals surface area (Å²) in [6, 6.07) is 12.6. The number of nitrogens with zero attached hydrogens (tertiary/aromatic N) is 2. The summed E-state index contributed by atoms with van der Waals surface area (Å²) < 4.78 is 26.7. The highest BCUT2D eigenvalue weighted by molar-refractivity contribution is 7.92. The van der Waals surface area contributed by atoms with E-state index >= 15 is 0 Å². The third-order valence-corrected chi connectivity index (χ3v) is 8.16. The van der Waals surface area contributed by atoms with Gasteiger partial charge in [0, 0.05) is 12.6 Å². The molecule has 1 aliphatic carbocycles. The van der Waals surface area contributed by atoms with E-state index in [1.165, 1.54) is 4.90 Å². The molecule has 2 aromatic carbocycles. The van der Waals surface area contributed by atoms with Crippen molar-refractivity contribution in [3.8, 4) is 0 Å². The number of sulfonamides is 1. The first kappa shape index (κ1) is 27.7. The number of anilines is 1. The van der Waals surface area contributed by atoms with Crippen molar-refractivity contribution in [3.05, 3.63) is 64.7 Å². The number of aryl methyl sites for hydroxylation is 3. The van der Waals surface area contributed by atoms with Crippen LogP contribution in [0.1, 0.15) is 61.3 Å². The molecule has 0 saturated heterocycles. The van der Waals surface area contributed by atoms with Gasteiger partial charge in [-0.2, -0.15) is 0 Å². The number of amides is 2. The lowest BCUT2D eigenvalue weighted by Gasteiger charge is -2.33. The third kappa shape index (κ3) is 7.09. The molecule has 3 rings (SSSR count). The van der Waals surface area contributed by atoms with Gasteiger partial charge >= 0.3 is 0 Å². The van der Waals surface area contributed by atoms with Gasteiger partial charge in [-0.3, -0.25) is 13.9 Å². The van der Waals surface area contributed by atoms with E-state index in [1.807, 2.05) is 58.0 Å². The Bertz CT molecular complexity index is 1170. The number of carbonyl (C=O) groups is 2. The molecule has 7 nitrogen and oxygen atoms in total. The Morgan fingerprint density at radius 1 is 1.00 bits per heavy atom. The minimum absolute atomic E-state index is 0.130. The van der Waals surface area contributed by atoms with Crippen molar-refractivity contribution in [1.82, 2.24) is 10.2 Å². The monoisotopic (exact) mass is 513 g/mol. The van der Waals surface area contributed by atoms with Crippen LogP contribution in [0.15, 0.2) is 42.5 Å². The second-order valence-corrected chi connectivity index (χ2v) is 11.9. The molecule has 1 saturated carbocycles. The summed E-state index contributed by atoms with van der Waals surface area (Å²) in [6.07, 6.45) is 5.61. The second-order valence-electron chi connectivity index (χ2n) is 9.96. The number of hydrogen-bond acceptors (Lipinski definition) is 4. The van der Waals surface area contributed by atoms with Gasteiger partial charge < -0.3 is 10.2 Å². The number of rotatable bonds is 10. The molecule has 1 aliphatic rings. The van der Waals surface area contributed by atoms with Gasteiger partial charge in [0.1, 0.15) is 12.6 Å². The first-order valence-corrected chi connectivity index (χ1v) is 14.5. The molecule has 1 N–H and O–H groups in total. The SMILES string of the molecule is CCC(C(=O)NC1CCCC1)N(Cc1ccc(C)cc1)C(=O)CN(c1ccc(C)c(C)c1)S(C)(=O)=O. The highest BCUT2D eigenvalue weighted by atomic mass is 32.2. The van der Waals surface area contributed by atoms with Crippen LogP contribution in [-0.2, 0) is 26.2 Å². The van der Waals surface area contributed by atoms with Crippen LogP contribution in [0, 0.1) is 20.8 Å². The maximum absolute atomic E-state index is 13.8. The molecule has 0 aliphatic heterocycles. The fraction of sp³-hybridized carbons (Fsp3) is 0.500. The smallest absolute Gasteiger partial charge is 0.244 e. The van der Waals surface area contributed by atoms with Crippen LogP contribution in [0.4, 0.5) is 5.69 Å². The molecule has 1 fully saturated rings. The van der Waals surface area contributed by atoms with Crippen LogP contribution >= 0.6 is 0 Å². The van der Waals surface area contributed by atoms with E-state index in [0.717, 1.165) is 58.5 Å². The molecule has 0 bridgehead atoms. The largest absolute Gasteiger partial charge is 0.352 e. The Labute approximate surface area is 215 Å². The van der Waals surface area contributed by atoms with E-state index < -0.39 is 22.0 Å². The van der Waals surface area contributed by atoms with Crippen LogP contribution < -0.4 is 9.62 Å². The van der Waals surface area contributed by atoms with E-state index in [9.17, 15) is 18.0 Å². The number of benzene rings is 2. The summed E-state index contributed by atoms with van der Waals surface area (Å²) in [5.41, 5.74) is 4.40. The van der Waals surface area contributed by atoms with Gasteiger partial charge in [0.2, 0.25) is 21.8 Å². The molecular formula is C28H39N3O4S. The van der Waals surface area contributed by atoms with Crippen molar-refractivity contribution in [1.29, 1.82) is 0 Å². The molecule has 0 radical (unpaired) electrons. The van der Waals surface area contributed by atoms with Crippen molar-refractivity contribution in [2.24, 2.45) is 0 Å². The Morgan fingerprint density at radius 3 is 2.19 bits per heavy atom. The fourth-order valence-corrected chi connectivity index (χ4v) is 5.51. The zero-order valence-electron chi connectivity index (χ0n) is 22.1. The first-order chi connectivity index (χ1) is 17.0.